The molecule has 26 heavy (non-hydrogen) atoms. The van der Waals surface area contributed by atoms with Crippen LogP contribution in [-0.2, 0) is 9.59 Å². The first kappa shape index (κ1) is 17.8. The molecule has 1 amide bonds. The summed E-state index contributed by atoms with van der Waals surface area (Å²) in [5, 5.41) is 26.6. The number of amidine groups is 1. The van der Waals surface area contributed by atoms with Crippen molar-refractivity contribution in [3.05, 3.63) is 10.6 Å². The van der Waals surface area contributed by atoms with E-state index in [-0.39, 0.29) is 34.9 Å². The third kappa shape index (κ3) is 2.64. The van der Waals surface area contributed by atoms with E-state index in [9.17, 15) is 19.8 Å². The van der Waals surface area contributed by atoms with Crippen molar-refractivity contribution in [1.82, 2.24) is 15.5 Å². The number of carbonyl (C=O) groups excluding carboxylic acids is 1. The van der Waals surface area contributed by atoms with Crippen molar-refractivity contribution >= 4 is 29.5 Å². The Labute approximate surface area is 156 Å². The molecule has 8 nitrogen and oxygen atoms in total. The van der Waals surface area contributed by atoms with E-state index in [2.05, 4.69) is 15.6 Å². The van der Waals surface area contributed by atoms with Gasteiger partial charge in [-0.3, -0.25) is 9.79 Å². The third-order valence-corrected chi connectivity index (χ3v) is 7.24. The van der Waals surface area contributed by atoms with Crippen molar-refractivity contribution < 1.29 is 19.8 Å². The molecule has 6 atom stereocenters. The van der Waals surface area contributed by atoms with E-state index in [1.54, 1.807) is 18.7 Å². The van der Waals surface area contributed by atoms with E-state index < -0.39 is 18.0 Å². The summed E-state index contributed by atoms with van der Waals surface area (Å²) in [4.78, 5) is 30.8. The molecular formula is C17H24N4O4S. The number of carbonyl (C=O) groups is 2. The number of aliphatic hydroxyl groups excluding tert-OH is 1. The number of aliphatic hydroxyl groups is 1. The zero-order valence-electron chi connectivity index (χ0n) is 14.8. The Morgan fingerprint density at radius 1 is 1.46 bits per heavy atom. The van der Waals surface area contributed by atoms with E-state index in [1.165, 1.54) is 4.90 Å². The molecule has 0 radical (unpaired) electrons. The number of fused-ring (bicyclic) bond motifs is 1. The summed E-state index contributed by atoms with van der Waals surface area (Å²) < 4.78 is 0. The Balaban J connectivity index is 1.52. The van der Waals surface area contributed by atoms with Gasteiger partial charge < -0.3 is 25.7 Å². The smallest absolute Gasteiger partial charge is 0.353 e. The standard InChI is InChI=1S/C17H24N4O4S/c1-7-12-11(8(2)22)16(23)21(12)13(17(24)25)14(7)26-9-5-10(20-6-9)15-18-3-4-19-15/h7-12,20,22H,3-6H2,1-2H3,(H,18,19)(H,24,25)/t7-,8-,9+,10+,11+,12-/m1/s1. The van der Waals surface area contributed by atoms with Crippen LogP contribution in [0.2, 0.25) is 0 Å². The number of aliphatic imine (C=N–C) groups is 1. The molecule has 0 aromatic carbocycles. The molecule has 0 aliphatic carbocycles. The second-order valence-corrected chi connectivity index (χ2v) is 8.74. The molecule has 4 N–H and O–H groups in total. The summed E-state index contributed by atoms with van der Waals surface area (Å²) in [5.41, 5.74) is 0.106. The average Bonchev–Trinajstić information content (AvgIpc) is 3.28. The van der Waals surface area contributed by atoms with E-state index in [1.807, 2.05) is 6.92 Å². The van der Waals surface area contributed by atoms with E-state index in [4.69, 9.17) is 0 Å². The predicted molar refractivity (Wildman–Crippen MR) is 97.7 cm³/mol. The van der Waals surface area contributed by atoms with Crippen LogP contribution in [0.15, 0.2) is 15.6 Å². The number of aliphatic carboxylic acids is 1. The molecule has 4 aliphatic rings. The monoisotopic (exact) mass is 380 g/mol. The van der Waals surface area contributed by atoms with E-state index in [0.29, 0.717) is 0 Å². The average molecular weight is 380 g/mol. The number of amides is 1. The fraction of sp³-hybridized carbons (Fsp3) is 0.706. The molecule has 0 saturated carbocycles. The fourth-order valence-corrected chi connectivity index (χ4v) is 5.99. The van der Waals surface area contributed by atoms with Gasteiger partial charge in [0.1, 0.15) is 11.5 Å². The second-order valence-electron chi connectivity index (χ2n) is 7.40. The zero-order chi connectivity index (χ0) is 18.6. The van der Waals surface area contributed by atoms with Gasteiger partial charge in [-0.2, -0.15) is 0 Å². The van der Waals surface area contributed by atoms with Crippen LogP contribution >= 0.6 is 11.8 Å². The van der Waals surface area contributed by atoms with Gasteiger partial charge in [-0.25, -0.2) is 4.79 Å². The molecule has 9 heteroatoms. The Morgan fingerprint density at radius 2 is 2.23 bits per heavy atom. The Hall–Kier alpha value is -1.58. The van der Waals surface area contributed by atoms with Crippen LogP contribution in [0.5, 0.6) is 0 Å². The molecule has 0 bridgehead atoms. The van der Waals surface area contributed by atoms with E-state index >= 15 is 0 Å². The van der Waals surface area contributed by atoms with Crippen LogP contribution in [0, 0.1) is 11.8 Å². The number of β-lactam (4-membered cyclic amide) rings is 1. The zero-order valence-corrected chi connectivity index (χ0v) is 15.6. The lowest BCUT2D eigenvalue weighted by molar-refractivity contribution is -0.163. The van der Waals surface area contributed by atoms with Crippen LogP contribution in [0.1, 0.15) is 20.3 Å². The van der Waals surface area contributed by atoms with Gasteiger partial charge in [0.15, 0.2) is 0 Å². The summed E-state index contributed by atoms with van der Waals surface area (Å²) in [7, 11) is 0. The number of carboxylic acids is 1. The van der Waals surface area contributed by atoms with Gasteiger partial charge in [0, 0.05) is 29.2 Å². The number of carboxylic acid groups (broad SMARTS) is 1. The lowest BCUT2D eigenvalue weighted by Crippen LogP contribution is -2.63. The summed E-state index contributed by atoms with van der Waals surface area (Å²) >= 11 is 1.56. The van der Waals surface area contributed by atoms with Gasteiger partial charge in [0.05, 0.1) is 30.7 Å². The highest BCUT2D eigenvalue weighted by molar-refractivity contribution is 8.03. The maximum atomic E-state index is 12.4. The first-order chi connectivity index (χ1) is 12.4. The molecule has 0 spiro atoms. The minimum absolute atomic E-state index is 0.0793. The quantitative estimate of drug-likeness (QED) is 0.480. The van der Waals surface area contributed by atoms with Crippen molar-refractivity contribution in [3.8, 4) is 0 Å². The van der Waals surface area contributed by atoms with Crippen molar-refractivity contribution in [1.29, 1.82) is 0 Å². The summed E-state index contributed by atoms with van der Waals surface area (Å²) in [6.45, 7) is 6.00. The molecule has 4 heterocycles. The van der Waals surface area contributed by atoms with Crippen LogP contribution in [0.4, 0.5) is 0 Å². The Kier molecular flexibility index (Phi) is 4.48. The van der Waals surface area contributed by atoms with Gasteiger partial charge in [-0.1, -0.05) is 6.92 Å². The number of thioether (sulfide) groups is 1. The minimum Gasteiger partial charge on any atom is -0.477 e. The number of hydrogen-bond acceptors (Lipinski definition) is 7. The number of hydrogen-bond donors (Lipinski definition) is 4. The first-order valence-electron chi connectivity index (χ1n) is 9.07. The van der Waals surface area contributed by atoms with Crippen molar-refractivity contribution in [2.45, 2.75) is 43.7 Å². The molecule has 4 aliphatic heterocycles. The molecule has 0 aromatic rings. The molecule has 142 valence electrons. The molecule has 4 rings (SSSR count). The van der Waals surface area contributed by atoms with Gasteiger partial charge >= 0.3 is 5.97 Å². The fourth-order valence-electron chi connectivity index (χ4n) is 4.51. The van der Waals surface area contributed by atoms with Crippen LogP contribution < -0.4 is 10.6 Å². The molecule has 2 saturated heterocycles. The highest BCUT2D eigenvalue weighted by Crippen LogP contribution is 2.51. The Morgan fingerprint density at radius 3 is 2.85 bits per heavy atom. The maximum Gasteiger partial charge on any atom is 0.353 e. The highest BCUT2D eigenvalue weighted by Gasteiger charge is 2.60. The van der Waals surface area contributed by atoms with E-state index in [0.717, 1.165) is 36.8 Å². The number of rotatable bonds is 5. The summed E-state index contributed by atoms with van der Waals surface area (Å²) in [5.74, 6) is -0.943. The van der Waals surface area contributed by atoms with Gasteiger partial charge in [-0.05, 0) is 13.3 Å². The topological polar surface area (TPSA) is 114 Å². The SMILES string of the molecule is C[C@@H](O)[C@@H]1C(=O)N2C(C(=O)O)=C(S[C@@H]3CN[C@H](C4=NCCN4)C3)[C@H](C)[C@H]12. The minimum atomic E-state index is -1.07. The Bertz CT molecular complexity index is 707. The molecule has 0 aromatic heterocycles. The second kappa shape index (κ2) is 6.54. The lowest BCUT2D eigenvalue weighted by atomic mass is 9.79. The maximum absolute atomic E-state index is 12.4. The normalized spacial score (nSPS) is 37.3. The molecule has 0 unspecified atom stereocenters. The first-order valence-corrected chi connectivity index (χ1v) is 9.95. The van der Waals surface area contributed by atoms with Crippen LogP contribution in [-0.4, -0.2) is 75.9 Å². The predicted octanol–water partition coefficient (Wildman–Crippen LogP) is -0.394. The number of nitrogens with one attached hydrogen (secondary N) is 2. The number of nitrogens with zero attached hydrogens (tertiary/aromatic N) is 2. The summed E-state index contributed by atoms with van der Waals surface area (Å²) in [6, 6.07) is -0.0633. The molecule has 2 fully saturated rings. The van der Waals surface area contributed by atoms with Gasteiger partial charge in [0.25, 0.3) is 0 Å². The third-order valence-electron chi connectivity index (χ3n) is 5.73. The van der Waals surface area contributed by atoms with Gasteiger partial charge in [-0.15, -0.1) is 11.8 Å². The lowest BCUT2D eigenvalue weighted by Gasteiger charge is -2.46. The largest absolute Gasteiger partial charge is 0.477 e. The van der Waals surface area contributed by atoms with Crippen LogP contribution in [0.3, 0.4) is 0 Å². The van der Waals surface area contributed by atoms with Crippen LogP contribution in [0.25, 0.3) is 0 Å². The summed E-state index contributed by atoms with van der Waals surface area (Å²) in [6.07, 6.45) is 0.104. The van der Waals surface area contributed by atoms with Gasteiger partial charge in [0.2, 0.25) is 5.91 Å². The van der Waals surface area contributed by atoms with Crippen molar-refractivity contribution in [2.75, 3.05) is 19.6 Å². The van der Waals surface area contributed by atoms with Crippen molar-refractivity contribution in [3.63, 3.8) is 0 Å². The molecular weight excluding hydrogens is 356 g/mol. The highest BCUT2D eigenvalue weighted by atomic mass is 32.2. The van der Waals surface area contributed by atoms with Crippen molar-refractivity contribution in [2.24, 2.45) is 16.8 Å².